The number of benzene rings is 3. The summed E-state index contributed by atoms with van der Waals surface area (Å²) >= 11 is 5.77. The zero-order valence-corrected chi connectivity index (χ0v) is 17.7. The smallest absolute Gasteiger partial charge is 0.416 e. The van der Waals surface area contributed by atoms with E-state index in [1.54, 1.807) is 12.3 Å². The Kier molecular flexibility index (Phi) is 6.11. The lowest BCUT2D eigenvalue weighted by Gasteiger charge is -2.10. The second-order valence-corrected chi connectivity index (χ2v) is 7.72. The van der Waals surface area contributed by atoms with Crippen LogP contribution in [0.2, 0.25) is 5.02 Å². The second kappa shape index (κ2) is 8.99. The highest BCUT2D eigenvalue weighted by molar-refractivity contribution is 6.30. The topological polar surface area (TPSA) is 66.6 Å². The second-order valence-electron chi connectivity index (χ2n) is 7.29. The van der Waals surface area contributed by atoms with Crippen molar-refractivity contribution in [2.75, 3.05) is 0 Å². The first-order chi connectivity index (χ1) is 15.7. The first-order valence-corrected chi connectivity index (χ1v) is 10.2. The van der Waals surface area contributed by atoms with Gasteiger partial charge in [-0.2, -0.15) is 18.3 Å². The standard InChI is InChI=1S/C24H17ClF3N3O2/c25-18-8-9-20(22(32)11-18)23(33)30-29-12-16-14-31(21-7-2-1-6-19(16)21)13-15-4-3-5-17(10-15)24(26,27)28/h1-12,14,32H,13H2,(H,30,33). The average molecular weight is 472 g/mol. The molecule has 0 saturated heterocycles. The zero-order chi connectivity index (χ0) is 23.6. The summed E-state index contributed by atoms with van der Waals surface area (Å²) in [7, 11) is 0. The van der Waals surface area contributed by atoms with Gasteiger partial charge in [0.1, 0.15) is 5.75 Å². The molecule has 33 heavy (non-hydrogen) atoms. The predicted molar refractivity (Wildman–Crippen MR) is 121 cm³/mol. The van der Waals surface area contributed by atoms with E-state index in [4.69, 9.17) is 11.6 Å². The number of carbonyl (C=O) groups excluding carboxylic acids is 1. The molecule has 168 valence electrons. The van der Waals surface area contributed by atoms with Gasteiger partial charge >= 0.3 is 6.18 Å². The molecule has 0 aliphatic heterocycles. The Bertz CT molecular complexity index is 1360. The van der Waals surface area contributed by atoms with Crippen molar-refractivity contribution in [1.82, 2.24) is 9.99 Å². The van der Waals surface area contributed by atoms with Crippen molar-refractivity contribution in [3.8, 4) is 5.75 Å². The molecule has 0 saturated carbocycles. The molecule has 4 rings (SSSR count). The van der Waals surface area contributed by atoms with Gasteiger partial charge in [-0.25, -0.2) is 5.43 Å². The summed E-state index contributed by atoms with van der Waals surface area (Å²) in [6, 6.07) is 16.7. The normalized spacial score (nSPS) is 11.9. The van der Waals surface area contributed by atoms with Crippen molar-refractivity contribution >= 4 is 34.6 Å². The van der Waals surface area contributed by atoms with Crippen molar-refractivity contribution < 1.29 is 23.1 Å². The van der Waals surface area contributed by atoms with E-state index >= 15 is 0 Å². The van der Waals surface area contributed by atoms with Crippen LogP contribution in [0.1, 0.15) is 27.0 Å². The number of halogens is 4. The minimum atomic E-state index is -4.41. The number of hydrazone groups is 1. The monoisotopic (exact) mass is 471 g/mol. The largest absolute Gasteiger partial charge is 0.507 e. The van der Waals surface area contributed by atoms with Crippen LogP contribution in [-0.4, -0.2) is 21.8 Å². The molecule has 1 amide bonds. The van der Waals surface area contributed by atoms with Gasteiger partial charge in [0.05, 0.1) is 17.3 Å². The van der Waals surface area contributed by atoms with E-state index < -0.39 is 17.6 Å². The van der Waals surface area contributed by atoms with Gasteiger partial charge in [-0.15, -0.1) is 0 Å². The number of phenolic OH excluding ortho intramolecular Hbond substituents is 1. The first-order valence-electron chi connectivity index (χ1n) is 9.78. The minimum absolute atomic E-state index is 0.0172. The van der Waals surface area contributed by atoms with Gasteiger partial charge in [-0.05, 0) is 42.0 Å². The molecule has 0 bridgehead atoms. The number of nitrogens with zero attached hydrogens (tertiary/aromatic N) is 2. The Labute approximate surface area is 191 Å². The SMILES string of the molecule is O=C(NN=Cc1cn(Cc2cccc(C(F)(F)F)c2)c2ccccc12)c1ccc(Cl)cc1O. The van der Waals surface area contributed by atoms with Crippen LogP contribution in [0.25, 0.3) is 10.9 Å². The number of hydrogen-bond donors (Lipinski definition) is 2. The summed E-state index contributed by atoms with van der Waals surface area (Å²) in [5.41, 5.74) is 3.63. The Balaban J connectivity index is 1.58. The molecule has 1 heterocycles. The molecule has 2 N–H and O–H groups in total. The van der Waals surface area contributed by atoms with Gasteiger partial charge in [-0.1, -0.05) is 41.9 Å². The number of rotatable bonds is 5. The van der Waals surface area contributed by atoms with E-state index in [0.29, 0.717) is 16.1 Å². The van der Waals surface area contributed by atoms with E-state index in [1.165, 1.54) is 30.5 Å². The van der Waals surface area contributed by atoms with Crippen LogP contribution in [0, 0.1) is 0 Å². The summed E-state index contributed by atoms with van der Waals surface area (Å²) in [5.74, 6) is -0.888. The highest BCUT2D eigenvalue weighted by atomic mass is 35.5. The van der Waals surface area contributed by atoms with E-state index in [0.717, 1.165) is 23.0 Å². The number of aromatic nitrogens is 1. The van der Waals surface area contributed by atoms with Crippen molar-refractivity contribution in [2.45, 2.75) is 12.7 Å². The Morgan fingerprint density at radius 2 is 1.88 bits per heavy atom. The van der Waals surface area contributed by atoms with E-state index in [1.807, 2.05) is 28.8 Å². The maximum absolute atomic E-state index is 13.1. The van der Waals surface area contributed by atoms with Gasteiger partial charge in [0, 0.05) is 34.2 Å². The molecular formula is C24H17ClF3N3O2. The van der Waals surface area contributed by atoms with Crippen molar-refractivity contribution in [2.24, 2.45) is 5.10 Å². The number of amides is 1. The Hall–Kier alpha value is -3.78. The van der Waals surface area contributed by atoms with E-state index in [-0.39, 0.29) is 17.9 Å². The molecule has 3 aromatic carbocycles. The molecule has 0 aliphatic rings. The summed E-state index contributed by atoms with van der Waals surface area (Å²) in [6.07, 6.45) is -1.22. The van der Waals surface area contributed by atoms with Crippen LogP contribution in [0.15, 0.2) is 78.0 Å². The van der Waals surface area contributed by atoms with Gasteiger partial charge < -0.3 is 9.67 Å². The van der Waals surface area contributed by atoms with Crippen LogP contribution in [0.3, 0.4) is 0 Å². The molecule has 5 nitrogen and oxygen atoms in total. The van der Waals surface area contributed by atoms with Crippen molar-refractivity contribution in [3.05, 3.63) is 100 Å². The maximum Gasteiger partial charge on any atom is 0.416 e. The molecule has 0 radical (unpaired) electrons. The number of para-hydroxylation sites is 1. The van der Waals surface area contributed by atoms with Crippen molar-refractivity contribution in [1.29, 1.82) is 0 Å². The Morgan fingerprint density at radius 3 is 2.64 bits per heavy atom. The van der Waals surface area contributed by atoms with Crippen LogP contribution >= 0.6 is 11.6 Å². The third-order valence-corrected chi connectivity index (χ3v) is 5.24. The van der Waals surface area contributed by atoms with E-state index in [2.05, 4.69) is 10.5 Å². The predicted octanol–water partition coefficient (Wildman–Crippen LogP) is 5.83. The quantitative estimate of drug-likeness (QED) is 0.284. The maximum atomic E-state index is 13.1. The van der Waals surface area contributed by atoms with Gasteiger partial charge in [0.25, 0.3) is 5.91 Å². The molecule has 9 heteroatoms. The summed E-state index contributed by atoms with van der Waals surface area (Å²) in [5, 5.41) is 14.9. The molecule has 0 fully saturated rings. The molecule has 0 aliphatic carbocycles. The number of carbonyl (C=O) groups is 1. The van der Waals surface area contributed by atoms with E-state index in [9.17, 15) is 23.1 Å². The third kappa shape index (κ3) is 5.01. The summed E-state index contributed by atoms with van der Waals surface area (Å²) in [6.45, 7) is 0.225. The van der Waals surface area contributed by atoms with Gasteiger partial charge in [0.2, 0.25) is 0 Å². The molecule has 0 spiro atoms. The first kappa shape index (κ1) is 22.4. The highest BCUT2D eigenvalue weighted by Crippen LogP contribution is 2.30. The van der Waals surface area contributed by atoms with Crippen LogP contribution in [0.4, 0.5) is 13.2 Å². The summed E-state index contributed by atoms with van der Waals surface area (Å²) < 4.78 is 41.0. The fourth-order valence-corrected chi connectivity index (χ4v) is 3.64. The lowest BCUT2D eigenvalue weighted by atomic mass is 10.1. The molecular weight excluding hydrogens is 455 g/mol. The number of fused-ring (bicyclic) bond motifs is 1. The molecule has 1 aromatic heterocycles. The Morgan fingerprint density at radius 1 is 1.09 bits per heavy atom. The average Bonchev–Trinajstić information content (AvgIpc) is 3.11. The van der Waals surface area contributed by atoms with Gasteiger partial charge in [-0.3, -0.25) is 4.79 Å². The number of phenols is 1. The fraction of sp³-hybridized carbons (Fsp3) is 0.0833. The van der Waals surface area contributed by atoms with Gasteiger partial charge in [0.15, 0.2) is 0 Å². The molecule has 0 atom stereocenters. The third-order valence-electron chi connectivity index (χ3n) is 5.00. The highest BCUT2D eigenvalue weighted by Gasteiger charge is 2.30. The number of alkyl halides is 3. The number of nitrogens with one attached hydrogen (secondary N) is 1. The lowest BCUT2D eigenvalue weighted by Crippen LogP contribution is -2.17. The number of aromatic hydroxyl groups is 1. The summed E-state index contributed by atoms with van der Waals surface area (Å²) in [4.78, 5) is 12.3. The van der Waals surface area contributed by atoms with Crippen LogP contribution in [-0.2, 0) is 12.7 Å². The van der Waals surface area contributed by atoms with Crippen LogP contribution < -0.4 is 5.43 Å². The minimum Gasteiger partial charge on any atom is -0.507 e. The molecule has 0 unspecified atom stereocenters. The zero-order valence-electron chi connectivity index (χ0n) is 17.0. The van der Waals surface area contributed by atoms with Crippen molar-refractivity contribution in [3.63, 3.8) is 0 Å². The fourth-order valence-electron chi connectivity index (χ4n) is 3.47. The lowest BCUT2D eigenvalue weighted by molar-refractivity contribution is -0.137. The number of hydrogen-bond acceptors (Lipinski definition) is 3. The van der Waals surface area contributed by atoms with Crippen LogP contribution in [0.5, 0.6) is 5.75 Å². The molecule has 4 aromatic rings.